The van der Waals surface area contributed by atoms with E-state index < -0.39 is 39.2 Å². The zero-order valence-corrected chi connectivity index (χ0v) is 43.0. The summed E-state index contributed by atoms with van der Waals surface area (Å²) in [6.07, 6.45) is 65.5. The van der Waals surface area contributed by atoms with Gasteiger partial charge in [0.15, 0.2) is 0 Å². The molecule has 9 nitrogen and oxygen atoms in total. The molecule has 0 aliphatic heterocycles. The van der Waals surface area contributed by atoms with Crippen LogP contribution in [-0.2, 0) is 27.9 Å². The molecule has 0 rings (SSSR count). The maximum absolute atomic E-state index is 12.7. The van der Waals surface area contributed by atoms with E-state index in [1.165, 1.54) is 103 Å². The highest BCUT2D eigenvalue weighted by molar-refractivity contribution is 7.47. The number of aliphatic hydroxyl groups excluding tert-OH is 2. The van der Waals surface area contributed by atoms with Crippen LogP contribution in [0.2, 0.25) is 0 Å². The van der Waals surface area contributed by atoms with E-state index in [0.29, 0.717) is 6.61 Å². The van der Waals surface area contributed by atoms with Crippen molar-refractivity contribution in [3.05, 3.63) is 85.1 Å². The summed E-state index contributed by atoms with van der Waals surface area (Å²) in [7, 11) is -4.53. The highest BCUT2D eigenvalue weighted by Crippen LogP contribution is 2.43. The molecule has 0 aliphatic carbocycles. The lowest BCUT2D eigenvalue weighted by Gasteiger charge is -2.20. The van der Waals surface area contributed by atoms with E-state index in [9.17, 15) is 19.4 Å². The lowest BCUT2D eigenvalue weighted by Crippen LogP contribution is -2.29. The minimum Gasteiger partial charge on any atom is -0.457 e. The monoisotopic (exact) mass is 947 g/mol. The summed E-state index contributed by atoms with van der Waals surface area (Å²) in [4.78, 5) is 22.7. The Morgan fingerprint density at radius 1 is 0.485 bits per heavy atom. The Hall–Kier alpha value is -2.36. The minimum atomic E-state index is -4.53. The second kappa shape index (κ2) is 52.0. The van der Waals surface area contributed by atoms with Crippen molar-refractivity contribution in [3.63, 3.8) is 0 Å². The number of esters is 1. The van der Waals surface area contributed by atoms with Gasteiger partial charge in [-0.1, -0.05) is 208 Å². The van der Waals surface area contributed by atoms with Gasteiger partial charge >= 0.3 is 13.8 Å². The third kappa shape index (κ3) is 51.0. The van der Waals surface area contributed by atoms with Gasteiger partial charge in [0.25, 0.3) is 0 Å². The number of hydrogen-bond acceptors (Lipinski definition) is 8. The number of hydrogen-bond donors (Lipinski definition) is 3. The summed E-state index contributed by atoms with van der Waals surface area (Å²) in [6.45, 7) is 3.38. The van der Waals surface area contributed by atoms with Crippen molar-refractivity contribution >= 4 is 13.8 Å². The van der Waals surface area contributed by atoms with Crippen LogP contribution in [0.15, 0.2) is 85.1 Å². The number of unbranched alkanes of at least 4 members (excludes halogenated alkanes) is 22. The van der Waals surface area contributed by atoms with Crippen LogP contribution >= 0.6 is 7.82 Å². The topological polar surface area (TPSA) is 132 Å². The van der Waals surface area contributed by atoms with Gasteiger partial charge in [0.2, 0.25) is 0 Å². The normalized spacial score (nSPS) is 14.4. The standard InChI is InChI=1S/C56H99O9P/c1-3-5-7-9-11-13-15-17-19-21-23-25-27-28-30-32-34-36-38-40-42-44-46-48-56(59)65-55(53-64-66(60,61)63-51-54(58)50-57)52-62-49-47-45-43-41-39-37-35-33-31-29-26-24-22-20-18-16-14-12-10-8-6-4-2/h5,7,11,13,16-19,22-25,29,31,54-55,57-58H,3-4,6,8-10,12,14-15,20-21,26-28,30,32-53H2,1-2H3,(H,60,61)/b7-5-,13-11-,18-16-,19-17-,24-22-,25-23-,31-29-. The summed E-state index contributed by atoms with van der Waals surface area (Å²) in [6, 6.07) is 0. The molecule has 0 saturated heterocycles. The molecule has 10 heteroatoms. The van der Waals surface area contributed by atoms with Crippen LogP contribution in [0.3, 0.4) is 0 Å². The molecule has 0 spiro atoms. The lowest BCUT2D eigenvalue weighted by molar-refractivity contribution is -0.154. The van der Waals surface area contributed by atoms with Crippen LogP contribution < -0.4 is 0 Å². The smallest absolute Gasteiger partial charge is 0.457 e. The van der Waals surface area contributed by atoms with Gasteiger partial charge in [-0.25, -0.2) is 4.57 Å². The summed E-state index contributed by atoms with van der Waals surface area (Å²) in [5.74, 6) is -0.392. The molecule has 0 aliphatic rings. The molecule has 0 radical (unpaired) electrons. The first-order valence-corrected chi connectivity index (χ1v) is 28.1. The average Bonchev–Trinajstić information content (AvgIpc) is 3.31. The van der Waals surface area contributed by atoms with Crippen LogP contribution in [0.4, 0.5) is 0 Å². The molecule has 0 heterocycles. The van der Waals surface area contributed by atoms with Crippen LogP contribution in [0.5, 0.6) is 0 Å². The molecule has 0 bridgehead atoms. The predicted octanol–water partition coefficient (Wildman–Crippen LogP) is 15.8. The average molecular weight is 947 g/mol. The molecule has 0 aromatic carbocycles. The number of aliphatic hydroxyl groups is 2. The van der Waals surface area contributed by atoms with Crippen molar-refractivity contribution in [2.75, 3.05) is 33.0 Å². The molecule has 66 heavy (non-hydrogen) atoms. The zero-order chi connectivity index (χ0) is 48.1. The Kier molecular flexibility index (Phi) is 50.2. The Bertz CT molecular complexity index is 1300. The van der Waals surface area contributed by atoms with E-state index in [1.807, 2.05) is 0 Å². The van der Waals surface area contributed by atoms with Crippen LogP contribution in [-0.4, -0.2) is 66.3 Å². The van der Waals surface area contributed by atoms with Crippen molar-refractivity contribution in [1.82, 2.24) is 0 Å². The number of phosphoric ester groups is 1. The minimum absolute atomic E-state index is 0.0368. The summed E-state index contributed by atoms with van der Waals surface area (Å²) in [5.41, 5.74) is 0. The molecule has 3 atom stereocenters. The zero-order valence-electron chi connectivity index (χ0n) is 42.1. The van der Waals surface area contributed by atoms with E-state index in [1.54, 1.807) is 0 Å². The number of phosphoric acid groups is 1. The van der Waals surface area contributed by atoms with Crippen molar-refractivity contribution < 1.29 is 43.0 Å². The SMILES string of the molecule is CC/C=C\C/C=C\C/C=C\C/C=C\CCCCCCCCCCCCC(=O)OC(COCCCCCCCCC/C=C\C/C=C\C/C=C\CCCCCCC)COP(=O)(O)OCC(O)CO. The maximum Gasteiger partial charge on any atom is 0.472 e. The number of carbonyl (C=O) groups is 1. The molecule has 0 fully saturated rings. The van der Waals surface area contributed by atoms with Crippen LogP contribution in [0.25, 0.3) is 0 Å². The van der Waals surface area contributed by atoms with Gasteiger partial charge in [0, 0.05) is 13.0 Å². The first-order valence-electron chi connectivity index (χ1n) is 26.6. The molecule has 3 unspecified atom stereocenters. The molecule has 0 aromatic heterocycles. The van der Waals surface area contributed by atoms with Gasteiger partial charge in [-0.3, -0.25) is 13.8 Å². The fourth-order valence-electron chi connectivity index (χ4n) is 7.06. The molecule has 0 amide bonds. The Morgan fingerprint density at radius 3 is 1.30 bits per heavy atom. The molecular formula is C56H99O9P. The fraction of sp³-hybridized carbons (Fsp3) is 0.732. The van der Waals surface area contributed by atoms with Gasteiger partial charge in [-0.2, -0.15) is 0 Å². The van der Waals surface area contributed by atoms with Crippen molar-refractivity contribution in [2.24, 2.45) is 0 Å². The molecule has 3 N–H and O–H groups in total. The number of allylic oxidation sites excluding steroid dienone is 14. The highest BCUT2D eigenvalue weighted by Gasteiger charge is 2.26. The fourth-order valence-corrected chi connectivity index (χ4v) is 7.85. The van der Waals surface area contributed by atoms with Crippen molar-refractivity contribution in [2.45, 2.75) is 232 Å². The summed E-state index contributed by atoms with van der Waals surface area (Å²) >= 11 is 0. The van der Waals surface area contributed by atoms with Crippen molar-refractivity contribution in [1.29, 1.82) is 0 Å². The van der Waals surface area contributed by atoms with Gasteiger partial charge < -0.3 is 24.6 Å². The highest BCUT2D eigenvalue weighted by atomic mass is 31.2. The second-order valence-corrected chi connectivity index (χ2v) is 19.0. The first kappa shape index (κ1) is 63.6. The van der Waals surface area contributed by atoms with E-state index in [0.717, 1.165) is 96.3 Å². The van der Waals surface area contributed by atoms with Crippen LogP contribution in [0, 0.1) is 0 Å². The first-order chi connectivity index (χ1) is 32.3. The summed E-state index contributed by atoms with van der Waals surface area (Å²) in [5, 5.41) is 18.4. The van der Waals surface area contributed by atoms with E-state index >= 15 is 0 Å². The largest absolute Gasteiger partial charge is 0.472 e. The van der Waals surface area contributed by atoms with Crippen molar-refractivity contribution in [3.8, 4) is 0 Å². The number of carbonyl (C=O) groups excluding carboxylic acids is 1. The van der Waals surface area contributed by atoms with Gasteiger partial charge in [-0.05, 0) is 89.9 Å². The van der Waals surface area contributed by atoms with Gasteiger partial charge in [-0.15, -0.1) is 0 Å². The third-order valence-corrected chi connectivity index (χ3v) is 12.0. The predicted molar refractivity (Wildman–Crippen MR) is 279 cm³/mol. The molecule has 0 saturated carbocycles. The summed E-state index contributed by atoms with van der Waals surface area (Å²) < 4.78 is 33.6. The molecule has 382 valence electrons. The second-order valence-electron chi connectivity index (χ2n) is 17.5. The maximum atomic E-state index is 12.7. The Labute approximate surface area is 405 Å². The van der Waals surface area contributed by atoms with E-state index in [2.05, 4.69) is 98.9 Å². The number of ether oxygens (including phenoxy) is 2. The van der Waals surface area contributed by atoms with Gasteiger partial charge in [0.05, 0.1) is 26.4 Å². The van der Waals surface area contributed by atoms with Gasteiger partial charge in [0.1, 0.15) is 12.2 Å². The third-order valence-electron chi connectivity index (χ3n) is 11.1. The molecule has 0 aromatic rings. The lowest BCUT2D eigenvalue weighted by atomic mass is 10.0. The quantitative estimate of drug-likeness (QED) is 0.0236. The Balaban J connectivity index is 4.11. The van der Waals surface area contributed by atoms with Crippen LogP contribution in [0.1, 0.15) is 219 Å². The molecular weight excluding hydrogens is 848 g/mol. The number of rotatable bonds is 50. The van der Waals surface area contributed by atoms with E-state index in [-0.39, 0.29) is 19.6 Å². The van der Waals surface area contributed by atoms with E-state index in [4.69, 9.17) is 23.6 Å². The Morgan fingerprint density at radius 2 is 0.864 bits per heavy atom.